The molecule has 3 N–H and O–H groups in total. The van der Waals surface area contributed by atoms with Crippen molar-refractivity contribution >= 4 is 5.97 Å². The lowest BCUT2D eigenvalue weighted by molar-refractivity contribution is -0.155. The van der Waals surface area contributed by atoms with Gasteiger partial charge in [-0.3, -0.25) is 4.79 Å². The third kappa shape index (κ3) is 0.998. The fraction of sp³-hybridized carbons (Fsp3) is 0.833. The van der Waals surface area contributed by atoms with Gasteiger partial charge in [-0.15, -0.1) is 0 Å². The van der Waals surface area contributed by atoms with Crippen molar-refractivity contribution in [3.8, 4) is 0 Å². The molecule has 0 radical (unpaired) electrons. The van der Waals surface area contributed by atoms with Crippen LogP contribution in [0.4, 0.5) is 0 Å². The molecule has 58 valence electrons. The first-order valence-electron chi connectivity index (χ1n) is 3.14. The van der Waals surface area contributed by atoms with Crippen LogP contribution in [0.25, 0.3) is 0 Å². The first-order valence-corrected chi connectivity index (χ1v) is 3.14. The summed E-state index contributed by atoms with van der Waals surface area (Å²) in [6.07, 6.45) is 0.211. The molecule has 0 unspecified atom stereocenters. The normalized spacial score (nSPS) is 38.5. The zero-order valence-electron chi connectivity index (χ0n) is 5.83. The predicted molar refractivity (Wildman–Crippen MR) is 34.2 cm³/mol. The van der Waals surface area contributed by atoms with Gasteiger partial charge in [0.15, 0.2) is 0 Å². The summed E-state index contributed by atoms with van der Waals surface area (Å²) in [5.41, 5.74) is 4.60. The molecule has 0 heterocycles. The number of methoxy groups -OCH3 is 1. The van der Waals surface area contributed by atoms with Crippen molar-refractivity contribution in [2.75, 3.05) is 7.11 Å². The van der Waals surface area contributed by atoms with Crippen LogP contribution in [0.2, 0.25) is 0 Å². The number of hydrogen-bond acceptors (Lipinski definition) is 4. The van der Waals surface area contributed by atoms with E-state index in [1.807, 2.05) is 0 Å². The second-order valence-electron chi connectivity index (χ2n) is 2.71. The Hall–Kier alpha value is -0.610. The summed E-state index contributed by atoms with van der Waals surface area (Å²) in [5, 5.41) is 8.84. The van der Waals surface area contributed by atoms with Gasteiger partial charge in [0.2, 0.25) is 0 Å². The Morgan fingerprint density at radius 1 is 1.80 bits per heavy atom. The van der Waals surface area contributed by atoms with E-state index in [0.717, 1.165) is 0 Å². The Balaban J connectivity index is 2.48. The Kier molecular flexibility index (Phi) is 1.66. The van der Waals surface area contributed by atoms with E-state index in [1.165, 1.54) is 7.11 Å². The van der Waals surface area contributed by atoms with Gasteiger partial charge in [-0.1, -0.05) is 0 Å². The lowest BCUT2D eigenvalue weighted by Gasteiger charge is -2.38. The summed E-state index contributed by atoms with van der Waals surface area (Å²) in [4.78, 5) is 10.8. The lowest BCUT2D eigenvalue weighted by Crippen LogP contribution is -2.60. The molecule has 4 nitrogen and oxygen atoms in total. The topological polar surface area (TPSA) is 72.5 Å². The molecule has 0 aliphatic heterocycles. The van der Waals surface area contributed by atoms with E-state index in [9.17, 15) is 4.79 Å². The maximum Gasteiger partial charge on any atom is 0.326 e. The second-order valence-corrected chi connectivity index (χ2v) is 2.71. The van der Waals surface area contributed by atoms with Crippen LogP contribution in [0, 0.1) is 0 Å². The maximum absolute atomic E-state index is 10.8. The van der Waals surface area contributed by atoms with Gasteiger partial charge in [-0.25, -0.2) is 0 Å². The molecule has 0 spiro atoms. The van der Waals surface area contributed by atoms with E-state index in [-0.39, 0.29) is 0 Å². The molecule has 0 aromatic carbocycles. The zero-order chi connectivity index (χ0) is 7.78. The van der Waals surface area contributed by atoms with Gasteiger partial charge in [0, 0.05) is 12.8 Å². The maximum atomic E-state index is 10.8. The molecule has 0 aromatic rings. The average molecular weight is 145 g/mol. The summed E-state index contributed by atoms with van der Waals surface area (Å²) < 4.78 is 4.43. The molecule has 1 rings (SSSR count). The molecule has 10 heavy (non-hydrogen) atoms. The minimum atomic E-state index is -0.909. The van der Waals surface area contributed by atoms with Gasteiger partial charge >= 0.3 is 5.97 Å². The molecular weight excluding hydrogens is 134 g/mol. The van der Waals surface area contributed by atoms with Crippen molar-refractivity contribution in [1.29, 1.82) is 0 Å². The quantitative estimate of drug-likeness (QED) is 0.465. The van der Waals surface area contributed by atoms with Gasteiger partial charge in [-0.05, 0) is 0 Å². The van der Waals surface area contributed by atoms with Crippen LogP contribution in [0.1, 0.15) is 12.8 Å². The molecule has 1 aliphatic carbocycles. The van der Waals surface area contributed by atoms with Crippen molar-refractivity contribution < 1.29 is 14.6 Å². The number of esters is 1. The highest BCUT2D eigenvalue weighted by Crippen LogP contribution is 2.30. The van der Waals surface area contributed by atoms with Gasteiger partial charge in [0.25, 0.3) is 0 Å². The second kappa shape index (κ2) is 2.21. The van der Waals surface area contributed by atoms with Crippen molar-refractivity contribution in [1.82, 2.24) is 0 Å². The van der Waals surface area contributed by atoms with E-state index in [0.29, 0.717) is 12.8 Å². The third-order valence-electron chi connectivity index (χ3n) is 1.79. The van der Waals surface area contributed by atoms with Gasteiger partial charge < -0.3 is 15.6 Å². The van der Waals surface area contributed by atoms with E-state index < -0.39 is 17.6 Å². The highest BCUT2D eigenvalue weighted by Gasteiger charge is 2.47. The number of hydrogen-bond donors (Lipinski definition) is 2. The molecule has 0 aromatic heterocycles. The first kappa shape index (κ1) is 7.50. The van der Waals surface area contributed by atoms with Crippen LogP contribution in [-0.4, -0.2) is 29.8 Å². The Bertz CT molecular complexity index is 151. The van der Waals surface area contributed by atoms with Crippen LogP contribution >= 0.6 is 0 Å². The Morgan fingerprint density at radius 2 is 2.30 bits per heavy atom. The number of carbonyl (C=O) groups is 1. The standard InChI is InChI=1S/C6H11NO3/c1-10-5(9)6(7)2-4(8)3-6/h4,8H,2-3,7H2,1H3. The van der Waals surface area contributed by atoms with E-state index in [1.54, 1.807) is 0 Å². The molecule has 0 amide bonds. The van der Waals surface area contributed by atoms with Gasteiger partial charge in [-0.2, -0.15) is 0 Å². The zero-order valence-corrected chi connectivity index (χ0v) is 5.83. The predicted octanol–water partition coefficient (Wildman–Crippen LogP) is -0.988. The number of aliphatic hydroxyl groups is 1. The van der Waals surface area contributed by atoms with Gasteiger partial charge in [0.1, 0.15) is 5.54 Å². The summed E-state index contributed by atoms with van der Waals surface area (Å²) >= 11 is 0. The highest BCUT2D eigenvalue weighted by atomic mass is 16.5. The fourth-order valence-corrected chi connectivity index (χ4v) is 1.15. The molecule has 4 heteroatoms. The minimum Gasteiger partial charge on any atom is -0.468 e. The minimum absolute atomic E-state index is 0.319. The molecular formula is C6H11NO3. The average Bonchev–Trinajstić information content (AvgIpc) is 1.83. The summed E-state index contributed by atoms with van der Waals surface area (Å²) in [7, 11) is 1.29. The fourth-order valence-electron chi connectivity index (χ4n) is 1.15. The largest absolute Gasteiger partial charge is 0.468 e. The smallest absolute Gasteiger partial charge is 0.326 e. The molecule has 1 aliphatic rings. The van der Waals surface area contributed by atoms with Crippen LogP contribution in [0.5, 0.6) is 0 Å². The third-order valence-corrected chi connectivity index (χ3v) is 1.79. The number of carbonyl (C=O) groups excluding carboxylic acids is 1. The van der Waals surface area contributed by atoms with Crippen molar-refractivity contribution in [2.45, 2.75) is 24.5 Å². The SMILES string of the molecule is COC(=O)C1(N)CC(O)C1. The van der Waals surface area contributed by atoms with Crippen LogP contribution in [0.3, 0.4) is 0 Å². The summed E-state index contributed by atoms with van der Waals surface area (Å²) in [5.74, 6) is -0.433. The van der Waals surface area contributed by atoms with E-state index in [2.05, 4.69) is 4.74 Å². The van der Waals surface area contributed by atoms with Crippen LogP contribution in [0.15, 0.2) is 0 Å². The number of rotatable bonds is 1. The molecule has 0 bridgehead atoms. The molecule has 1 fully saturated rings. The van der Waals surface area contributed by atoms with E-state index in [4.69, 9.17) is 10.8 Å². The lowest BCUT2D eigenvalue weighted by atomic mass is 9.75. The van der Waals surface area contributed by atoms with Crippen molar-refractivity contribution in [3.63, 3.8) is 0 Å². The Morgan fingerprint density at radius 3 is 2.60 bits per heavy atom. The van der Waals surface area contributed by atoms with Crippen molar-refractivity contribution in [3.05, 3.63) is 0 Å². The van der Waals surface area contributed by atoms with Gasteiger partial charge in [0.05, 0.1) is 13.2 Å². The first-order chi connectivity index (χ1) is 4.58. The number of ether oxygens (including phenoxy) is 1. The highest BCUT2D eigenvalue weighted by molar-refractivity contribution is 5.81. The molecule has 1 saturated carbocycles. The summed E-state index contributed by atoms with van der Waals surface area (Å²) in [6.45, 7) is 0. The number of nitrogens with two attached hydrogens (primary N) is 1. The molecule has 0 atom stereocenters. The Labute approximate surface area is 59.0 Å². The monoisotopic (exact) mass is 145 g/mol. The number of aliphatic hydroxyl groups excluding tert-OH is 1. The van der Waals surface area contributed by atoms with Crippen LogP contribution < -0.4 is 5.73 Å². The van der Waals surface area contributed by atoms with Crippen molar-refractivity contribution in [2.24, 2.45) is 5.73 Å². The molecule has 0 saturated heterocycles. The van der Waals surface area contributed by atoms with E-state index >= 15 is 0 Å². The summed E-state index contributed by atoms with van der Waals surface area (Å²) in [6, 6.07) is 0. The van der Waals surface area contributed by atoms with Crippen LogP contribution in [-0.2, 0) is 9.53 Å².